The summed E-state index contributed by atoms with van der Waals surface area (Å²) in [6, 6.07) is 11.0. The van der Waals surface area contributed by atoms with Gasteiger partial charge in [0.2, 0.25) is 0 Å². The molecule has 2 rings (SSSR count). The van der Waals surface area contributed by atoms with Gasteiger partial charge < -0.3 is 15.2 Å². The minimum Gasteiger partial charge on any atom is -0.493 e. The van der Waals surface area contributed by atoms with Crippen molar-refractivity contribution in [3.8, 4) is 5.75 Å². The average molecular weight is 390 g/mol. The van der Waals surface area contributed by atoms with E-state index in [-0.39, 0.29) is 11.5 Å². The van der Waals surface area contributed by atoms with Crippen LogP contribution in [0.25, 0.3) is 0 Å². The second kappa shape index (κ2) is 9.42. The highest BCUT2D eigenvalue weighted by Gasteiger charge is 2.20. The lowest BCUT2D eigenvalue weighted by atomic mass is 10.0. The van der Waals surface area contributed by atoms with Crippen LogP contribution in [0.15, 0.2) is 42.5 Å². The van der Waals surface area contributed by atoms with Gasteiger partial charge in [0.25, 0.3) is 5.91 Å². The van der Waals surface area contributed by atoms with Crippen molar-refractivity contribution in [3.63, 3.8) is 0 Å². The van der Waals surface area contributed by atoms with Crippen molar-refractivity contribution in [1.29, 1.82) is 0 Å². The maximum Gasteiger partial charge on any atom is 0.336 e. The molecule has 6 heteroatoms. The number of halogens is 1. The maximum absolute atomic E-state index is 12.8. The van der Waals surface area contributed by atoms with Gasteiger partial charge in [-0.15, -0.1) is 0 Å². The number of carbonyl (C=O) groups is 2. The molecule has 0 aliphatic heterocycles. The molecule has 2 aromatic rings. The van der Waals surface area contributed by atoms with Gasteiger partial charge in [-0.25, -0.2) is 4.79 Å². The minimum absolute atomic E-state index is 0.157. The van der Waals surface area contributed by atoms with Gasteiger partial charge >= 0.3 is 5.97 Å². The molecule has 0 spiro atoms. The lowest BCUT2D eigenvalue weighted by Crippen LogP contribution is -2.28. The normalized spacial score (nSPS) is 11.9. The van der Waals surface area contributed by atoms with E-state index in [0.717, 1.165) is 6.42 Å². The Morgan fingerprint density at radius 3 is 2.48 bits per heavy atom. The molecular weight excluding hydrogens is 366 g/mol. The molecule has 144 valence electrons. The summed E-state index contributed by atoms with van der Waals surface area (Å²) in [5.41, 5.74) is 1.01. The number of carboxylic acids is 1. The summed E-state index contributed by atoms with van der Waals surface area (Å²) in [5.74, 6) is -0.463. The van der Waals surface area contributed by atoms with Crippen LogP contribution in [0.1, 0.15) is 59.5 Å². The molecule has 0 bridgehead atoms. The van der Waals surface area contributed by atoms with Gasteiger partial charge in [0, 0.05) is 5.02 Å². The molecular formula is C21H24ClNO4. The number of rotatable bonds is 8. The Bertz CT molecular complexity index is 820. The Balaban J connectivity index is 2.20. The first kappa shape index (κ1) is 20.8. The van der Waals surface area contributed by atoms with Gasteiger partial charge in [-0.1, -0.05) is 43.6 Å². The fourth-order valence-electron chi connectivity index (χ4n) is 2.63. The van der Waals surface area contributed by atoms with Gasteiger partial charge in [0.05, 0.1) is 23.8 Å². The van der Waals surface area contributed by atoms with Crippen LogP contribution < -0.4 is 10.1 Å². The lowest BCUT2D eigenvalue weighted by molar-refractivity contribution is 0.0693. The molecule has 2 N–H and O–H groups in total. The van der Waals surface area contributed by atoms with Crippen molar-refractivity contribution >= 4 is 23.5 Å². The van der Waals surface area contributed by atoms with E-state index in [1.807, 2.05) is 0 Å². The largest absolute Gasteiger partial charge is 0.493 e. The first-order chi connectivity index (χ1) is 12.8. The van der Waals surface area contributed by atoms with E-state index < -0.39 is 12.0 Å². The molecule has 0 saturated carbocycles. The predicted octanol–water partition coefficient (Wildman–Crippen LogP) is 4.95. The van der Waals surface area contributed by atoms with E-state index in [9.17, 15) is 14.7 Å². The van der Waals surface area contributed by atoms with Gasteiger partial charge in [0.1, 0.15) is 5.75 Å². The van der Waals surface area contributed by atoms with E-state index in [1.165, 1.54) is 6.07 Å². The van der Waals surface area contributed by atoms with Crippen molar-refractivity contribution in [2.45, 2.75) is 33.2 Å². The Labute approximate surface area is 164 Å². The zero-order valence-electron chi connectivity index (χ0n) is 15.7. The van der Waals surface area contributed by atoms with Gasteiger partial charge in [-0.2, -0.15) is 0 Å². The number of carboxylic acid groups (broad SMARTS) is 1. The molecule has 27 heavy (non-hydrogen) atoms. The SMILES string of the molecule is CC(C)CCOc1ccc(Cl)cc1C(=O)N[C@@H](C)c1ccccc1C(=O)O. The maximum atomic E-state index is 12.8. The third-order valence-corrected chi connectivity index (χ3v) is 4.38. The lowest BCUT2D eigenvalue weighted by Gasteiger charge is -2.18. The minimum atomic E-state index is -1.04. The molecule has 0 radical (unpaired) electrons. The van der Waals surface area contributed by atoms with E-state index in [1.54, 1.807) is 43.3 Å². The van der Waals surface area contributed by atoms with E-state index in [0.29, 0.717) is 34.4 Å². The molecule has 0 aliphatic rings. The Morgan fingerprint density at radius 1 is 1.11 bits per heavy atom. The van der Waals surface area contributed by atoms with Crippen LogP contribution in [-0.2, 0) is 0 Å². The third-order valence-electron chi connectivity index (χ3n) is 4.14. The van der Waals surface area contributed by atoms with Crippen molar-refractivity contribution in [2.24, 2.45) is 5.92 Å². The number of carbonyl (C=O) groups excluding carboxylic acids is 1. The number of amides is 1. The highest BCUT2D eigenvalue weighted by molar-refractivity contribution is 6.31. The molecule has 0 heterocycles. The van der Waals surface area contributed by atoms with Crippen molar-refractivity contribution in [1.82, 2.24) is 5.32 Å². The summed E-state index contributed by atoms with van der Waals surface area (Å²) >= 11 is 6.05. The summed E-state index contributed by atoms with van der Waals surface area (Å²) in [4.78, 5) is 24.2. The fourth-order valence-corrected chi connectivity index (χ4v) is 2.80. The Morgan fingerprint density at radius 2 is 1.81 bits per heavy atom. The van der Waals surface area contributed by atoms with Crippen LogP contribution in [0, 0.1) is 5.92 Å². The molecule has 5 nitrogen and oxygen atoms in total. The Kier molecular flexibility index (Phi) is 7.25. The monoisotopic (exact) mass is 389 g/mol. The van der Waals surface area contributed by atoms with Crippen LogP contribution in [-0.4, -0.2) is 23.6 Å². The first-order valence-corrected chi connectivity index (χ1v) is 9.22. The van der Waals surface area contributed by atoms with E-state index in [2.05, 4.69) is 19.2 Å². The summed E-state index contributed by atoms with van der Waals surface area (Å²) < 4.78 is 5.76. The zero-order valence-corrected chi connectivity index (χ0v) is 16.4. The zero-order chi connectivity index (χ0) is 20.0. The summed E-state index contributed by atoms with van der Waals surface area (Å²) in [7, 11) is 0. The number of nitrogens with one attached hydrogen (secondary N) is 1. The molecule has 2 aromatic carbocycles. The summed E-state index contributed by atoms with van der Waals surface area (Å²) in [5, 5.41) is 12.6. The highest BCUT2D eigenvalue weighted by atomic mass is 35.5. The van der Waals surface area contributed by atoms with Gasteiger partial charge in [-0.3, -0.25) is 4.79 Å². The number of hydrogen-bond donors (Lipinski definition) is 2. The molecule has 0 aromatic heterocycles. The molecule has 0 unspecified atom stereocenters. The van der Waals surface area contributed by atoms with Crippen LogP contribution in [0.4, 0.5) is 0 Å². The topological polar surface area (TPSA) is 75.6 Å². The molecule has 0 saturated heterocycles. The number of benzene rings is 2. The van der Waals surface area contributed by atoms with Crippen LogP contribution in [0.2, 0.25) is 5.02 Å². The second-order valence-corrected chi connectivity index (χ2v) is 7.20. The Hall–Kier alpha value is -2.53. The first-order valence-electron chi connectivity index (χ1n) is 8.85. The van der Waals surface area contributed by atoms with Crippen molar-refractivity contribution < 1.29 is 19.4 Å². The number of aromatic carboxylic acids is 1. The quantitative estimate of drug-likeness (QED) is 0.669. The van der Waals surface area contributed by atoms with E-state index >= 15 is 0 Å². The van der Waals surface area contributed by atoms with Gasteiger partial charge in [-0.05, 0) is 49.1 Å². The molecule has 1 amide bonds. The highest BCUT2D eigenvalue weighted by Crippen LogP contribution is 2.25. The standard InChI is InChI=1S/C21H24ClNO4/c1-13(2)10-11-27-19-9-8-15(22)12-18(19)20(24)23-14(3)16-6-4-5-7-17(16)21(25)26/h4-9,12-14H,10-11H2,1-3H3,(H,23,24)(H,25,26)/t14-/m0/s1. The molecule has 0 aliphatic carbocycles. The van der Waals surface area contributed by atoms with Crippen LogP contribution in [0.5, 0.6) is 5.75 Å². The predicted molar refractivity (Wildman–Crippen MR) is 106 cm³/mol. The summed E-state index contributed by atoms with van der Waals surface area (Å²) in [6.07, 6.45) is 0.867. The smallest absolute Gasteiger partial charge is 0.336 e. The number of ether oxygens (including phenoxy) is 1. The van der Waals surface area contributed by atoms with E-state index in [4.69, 9.17) is 16.3 Å². The fraction of sp³-hybridized carbons (Fsp3) is 0.333. The van der Waals surface area contributed by atoms with Crippen LogP contribution >= 0.6 is 11.6 Å². The molecule has 1 atom stereocenters. The second-order valence-electron chi connectivity index (χ2n) is 6.76. The van der Waals surface area contributed by atoms with Crippen molar-refractivity contribution in [3.05, 3.63) is 64.2 Å². The van der Waals surface area contributed by atoms with Gasteiger partial charge in [0.15, 0.2) is 0 Å². The number of hydrogen-bond acceptors (Lipinski definition) is 3. The summed E-state index contributed by atoms with van der Waals surface area (Å²) in [6.45, 7) is 6.43. The average Bonchev–Trinajstić information content (AvgIpc) is 2.62. The van der Waals surface area contributed by atoms with Crippen LogP contribution in [0.3, 0.4) is 0 Å². The molecule has 0 fully saturated rings. The van der Waals surface area contributed by atoms with Crippen molar-refractivity contribution in [2.75, 3.05) is 6.61 Å². The third kappa shape index (κ3) is 5.73.